The fourth-order valence-corrected chi connectivity index (χ4v) is 2.57. The molecule has 0 unspecified atom stereocenters. The standard InChI is InChI=1S/C14H10BrNO2/c15-11-3-1-10-8-12(4-2-9(10)7-11)16-6-5-13(17)14(16)18/h1-4,7-8H,5-6H2. The molecule has 1 aliphatic rings. The van der Waals surface area contributed by atoms with Crippen LogP contribution in [0, 0.1) is 0 Å². The highest BCUT2D eigenvalue weighted by atomic mass is 79.9. The van der Waals surface area contributed by atoms with Crippen LogP contribution < -0.4 is 4.90 Å². The Labute approximate surface area is 113 Å². The molecule has 0 N–H and O–H groups in total. The highest BCUT2D eigenvalue weighted by Gasteiger charge is 2.30. The number of benzene rings is 2. The molecule has 1 heterocycles. The molecule has 3 nitrogen and oxygen atoms in total. The molecule has 0 spiro atoms. The van der Waals surface area contributed by atoms with Gasteiger partial charge in [0.15, 0.2) is 0 Å². The van der Waals surface area contributed by atoms with Crippen molar-refractivity contribution in [2.75, 3.05) is 11.4 Å². The van der Waals surface area contributed by atoms with E-state index in [-0.39, 0.29) is 5.78 Å². The second kappa shape index (κ2) is 4.21. The molecular weight excluding hydrogens is 294 g/mol. The summed E-state index contributed by atoms with van der Waals surface area (Å²) in [6, 6.07) is 11.8. The number of nitrogens with zero attached hydrogens (tertiary/aromatic N) is 1. The number of carbonyl (C=O) groups excluding carboxylic acids is 2. The topological polar surface area (TPSA) is 37.4 Å². The van der Waals surface area contributed by atoms with Crippen molar-refractivity contribution in [3.05, 3.63) is 40.9 Å². The summed E-state index contributed by atoms with van der Waals surface area (Å²) in [6.45, 7) is 0.486. The van der Waals surface area contributed by atoms with Gasteiger partial charge in [0, 0.05) is 23.1 Å². The Hall–Kier alpha value is -1.68. The Morgan fingerprint density at radius 1 is 1.00 bits per heavy atom. The van der Waals surface area contributed by atoms with Gasteiger partial charge in [-0.25, -0.2) is 0 Å². The van der Waals surface area contributed by atoms with Gasteiger partial charge < -0.3 is 4.90 Å². The minimum absolute atomic E-state index is 0.300. The van der Waals surface area contributed by atoms with E-state index in [0.29, 0.717) is 13.0 Å². The minimum atomic E-state index is -0.397. The summed E-state index contributed by atoms with van der Waals surface area (Å²) in [4.78, 5) is 24.5. The monoisotopic (exact) mass is 303 g/mol. The number of rotatable bonds is 1. The molecule has 4 heteroatoms. The van der Waals surface area contributed by atoms with E-state index in [1.165, 1.54) is 0 Å². The molecule has 1 aliphatic heterocycles. The first-order chi connectivity index (χ1) is 8.65. The third-order valence-corrected chi connectivity index (χ3v) is 3.64. The first-order valence-electron chi connectivity index (χ1n) is 5.69. The number of Topliss-reactive ketones (excluding diaryl/α,β-unsaturated/α-hetero) is 1. The summed E-state index contributed by atoms with van der Waals surface area (Å²) in [5, 5.41) is 2.16. The second-order valence-corrected chi connectivity index (χ2v) is 5.22. The number of anilines is 1. The first kappa shape index (κ1) is 11.4. The molecule has 0 aromatic heterocycles. The predicted octanol–water partition coefficient (Wildman–Crippen LogP) is 2.91. The summed E-state index contributed by atoms with van der Waals surface area (Å²) >= 11 is 3.43. The smallest absolute Gasteiger partial charge is 0.294 e. The van der Waals surface area contributed by atoms with Crippen molar-refractivity contribution in [1.29, 1.82) is 0 Å². The van der Waals surface area contributed by atoms with Gasteiger partial charge in [-0.05, 0) is 35.0 Å². The maximum Gasteiger partial charge on any atom is 0.294 e. The normalized spacial score (nSPS) is 15.7. The molecule has 1 amide bonds. The Balaban J connectivity index is 2.06. The van der Waals surface area contributed by atoms with Crippen molar-refractivity contribution < 1.29 is 9.59 Å². The third-order valence-electron chi connectivity index (χ3n) is 3.14. The van der Waals surface area contributed by atoms with Crippen molar-refractivity contribution in [1.82, 2.24) is 0 Å². The van der Waals surface area contributed by atoms with E-state index in [9.17, 15) is 9.59 Å². The van der Waals surface area contributed by atoms with Crippen molar-refractivity contribution in [2.45, 2.75) is 6.42 Å². The van der Waals surface area contributed by atoms with E-state index < -0.39 is 5.91 Å². The van der Waals surface area contributed by atoms with Crippen LogP contribution in [0.3, 0.4) is 0 Å². The fraction of sp³-hybridized carbons (Fsp3) is 0.143. The van der Waals surface area contributed by atoms with Crippen LogP contribution in [0.2, 0.25) is 0 Å². The maximum absolute atomic E-state index is 11.7. The molecule has 3 rings (SSSR count). The molecular formula is C14H10BrNO2. The van der Waals surface area contributed by atoms with Gasteiger partial charge in [0.1, 0.15) is 0 Å². The predicted molar refractivity (Wildman–Crippen MR) is 73.6 cm³/mol. The number of amides is 1. The van der Waals surface area contributed by atoms with E-state index in [2.05, 4.69) is 15.9 Å². The zero-order valence-electron chi connectivity index (χ0n) is 9.52. The molecule has 2 aromatic carbocycles. The largest absolute Gasteiger partial charge is 0.305 e. The highest BCUT2D eigenvalue weighted by Crippen LogP contribution is 2.26. The summed E-state index contributed by atoms with van der Waals surface area (Å²) in [5.41, 5.74) is 0.792. The van der Waals surface area contributed by atoms with Gasteiger partial charge in [0.2, 0.25) is 5.78 Å². The molecule has 1 fully saturated rings. The summed E-state index contributed by atoms with van der Waals surface area (Å²) in [7, 11) is 0. The van der Waals surface area contributed by atoms with E-state index in [4.69, 9.17) is 0 Å². The van der Waals surface area contributed by atoms with Crippen molar-refractivity contribution >= 4 is 44.1 Å². The number of halogens is 1. The number of hydrogen-bond acceptors (Lipinski definition) is 2. The molecule has 1 saturated heterocycles. The summed E-state index contributed by atoms with van der Waals surface area (Å²) in [5.74, 6) is -0.697. The number of fused-ring (bicyclic) bond motifs is 1. The number of ketones is 1. The van der Waals surface area contributed by atoms with E-state index in [1.54, 1.807) is 4.90 Å². The molecule has 90 valence electrons. The van der Waals surface area contributed by atoms with E-state index >= 15 is 0 Å². The van der Waals surface area contributed by atoms with Crippen LogP contribution in [0.4, 0.5) is 5.69 Å². The van der Waals surface area contributed by atoms with Crippen LogP contribution in [0.25, 0.3) is 10.8 Å². The summed E-state index contributed by atoms with van der Waals surface area (Å²) in [6.07, 6.45) is 0.317. The molecule has 0 bridgehead atoms. The van der Waals surface area contributed by atoms with E-state index in [1.807, 2.05) is 36.4 Å². The SMILES string of the molecule is O=C1CCN(c2ccc3cc(Br)ccc3c2)C1=O. The quantitative estimate of drug-likeness (QED) is 0.760. The molecule has 18 heavy (non-hydrogen) atoms. The number of hydrogen-bond donors (Lipinski definition) is 0. The van der Waals surface area contributed by atoms with Gasteiger partial charge in [0.25, 0.3) is 5.91 Å². The first-order valence-corrected chi connectivity index (χ1v) is 6.48. The Morgan fingerprint density at radius 3 is 2.44 bits per heavy atom. The van der Waals surface area contributed by atoms with Crippen molar-refractivity contribution in [3.8, 4) is 0 Å². The van der Waals surface area contributed by atoms with Gasteiger partial charge in [-0.15, -0.1) is 0 Å². The zero-order valence-corrected chi connectivity index (χ0v) is 11.1. The molecule has 0 aliphatic carbocycles. The van der Waals surface area contributed by atoms with Gasteiger partial charge in [-0.2, -0.15) is 0 Å². The second-order valence-electron chi connectivity index (χ2n) is 4.31. The van der Waals surface area contributed by atoms with Crippen LogP contribution >= 0.6 is 15.9 Å². The average Bonchev–Trinajstić information content (AvgIpc) is 2.69. The van der Waals surface area contributed by atoms with E-state index in [0.717, 1.165) is 20.9 Å². The summed E-state index contributed by atoms with van der Waals surface area (Å²) < 4.78 is 1.02. The highest BCUT2D eigenvalue weighted by molar-refractivity contribution is 9.10. The van der Waals surface area contributed by atoms with Gasteiger partial charge in [-0.3, -0.25) is 9.59 Å². The van der Waals surface area contributed by atoms with Gasteiger partial charge in [0.05, 0.1) is 0 Å². The lowest BCUT2D eigenvalue weighted by atomic mass is 10.1. The van der Waals surface area contributed by atoms with Crippen LogP contribution in [0.5, 0.6) is 0 Å². The minimum Gasteiger partial charge on any atom is -0.305 e. The number of carbonyl (C=O) groups is 2. The zero-order chi connectivity index (χ0) is 12.7. The molecule has 0 atom stereocenters. The van der Waals surface area contributed by atoms with Gasteiger partial charge in [-0.1, -0.05) is 28.1 Å². The molecule has 2 aromatic rings. The van der Waals surface area contributed by atoms with Crippen molar-refractivity contribution in [2.24, 2.45) is 0 Å². The van der Waals surface area contributed by atoms with Gasteiger partial charge >= 0.3 is 0 Å². The lowest BCUT2D eigenvalue weighted by Gasteiger charge is -2.15. The Morgan fingerprint density at radius 2 is 1.72 bits per heavy atom. The molecule has 0 saturated carbocycles. The fourth-order valence-electron chi connectivity index (χ4n) is 2.19. The third kappa shape index (κ3) is 1.82. The van der Waals surface area contributed by atoms with Crippen LogP contribution in [-0.4, -0.2) is 18.2 Å². The van der Waals surface area contributed by atoms with Crippen LogP contribution in [0.1, 0.15) is 6.42 Å². The lowest BCUT2D eigenvalue weighted by Crippen LogP contribution is -2.26. The van der Waals surface area contributed by atoms with Crippen LogP contribution in [-0.2, 0) is 9.59 Å². The lowest BCUT2D eigenvalue weighted by molar-refractivity contribution is -0.133. The average molecular weight is 304 g/mol. The maximum atomic E-state index is 11.7. The Kier molecular flexibility index (Phi) is 2.67. The molecule has 0 radical (unpaired) electrons. The Bertz CT molecular complexity index is 666. The van der Waals surface area contributed by atoms with Crippen molar-refractivity contribution in [3.63, 3.8) is 0 Å². The van der Waals surface area contributed by atoms with Crippen LogP contribution in [0.15, 0.2) is 40.9 Å².